The number of hydrogen-bond acceptors (Lipinski definition) is 4. The van der Waals surface area contributed by atoms with Crippen molar-refractivity contribution < 1.29 is 29.0 Å². The van der Waals surface area contributed by atoms with Gasteiger partial charge in [0.25, 0.3) is 0 Å². The standard InChI is InChI=1S/C7H14NO6P/c8-6(7(10)11)3-1-2-5(9)4-15(12,13)14/h6H,1-4,8H2,(H,10,11)(H2,12,13,14). The lowest BCUT2D eigenvalue weighted by Gasteiger charge is -2.05. The fourth-order valence-electron chi connectivity index (χ4n) is 0.951. The number of carboxylic acids is 1. The summed E-state index contributed by atoms with van der Waals surface area (Å²) in [5, 5.41) is 8.40. The molecule has 1 unspecified atom stereocenters. The van der Waals surface area contributed by atoms with E-state index in [1.54, 1.807) is 0 Å². The van der Waals surface area contributed by atoms with Crippen molar-refractivity contribution in [1.82, 2.24) is 0 Å². The van der Waals surface area contributed by atoms with Crippen LogP contribution >= 0.6 is 7.60 Å². The molecular formula is C7H14NO6P. The van der Waals surface area contributed by atoms with Crippen LogP contribution in [0.4, 0.5) is 0 Å². The van der Waals surface area contributed by atoms with Crippen LogP contribution in [0.25, 0.3) is 0 Å². The molecule has 7 nitrogen and oxygen atoms in total. The summed E-state index contributed by atoms with van der Waals surface area (Å²) >= 11 is 0. The van der Waals surface area contributed by atoms with E-state index in [0.29, 0.717) is 0 Å². The van der Waals surface area contributed by atoms with Crippen LogP contribution in [0.1, 0.15) is 19.3 Å². The van der Waals surface area contributed by atoms with Gasteiger partial charge in [-0.15, -0.1) is 0 Å². The lowest BCUT2D eigenvalue weighted by Crippen LogP contribution is -2.29. The van der Waals surface area contributed by atoms with Gasteiger partial charge in [0.1, 0.15) is 18.0 Å². The topological polar surface area (TPSA) is 138 Å². The molecule has 0 heterocycles. The number of carbonyl (C=O) groups is 2. The van der Waals surface area contributed by atoms with Crippen molar-refractivity contribution >= 4 is 19.3 Å². The summed E-state index contributed by atoms with van der Waals surface area (Å²) in [6.45, 7) is 0. The van der Waals surface area contributed by atoms with Crippen molar-refractivity contribution in [3.63, 3.8) is 0 Å². The first kappa shape index (κ1) is 14.2. The Bertz CT molecular complexity index is 285. The zero-order valence-electron chi connectivity index (χ0n) is 8.00. The van der Waals surface area contributed by atoms with Crippen molar-refractivity contribution in [2.24, 2.45) is 5.73 Å². The minimum Gasteiger partial charge on any atom is -0.480 e. The normalized spacial score (nSPS) is 13.5. The second-order valence-corrected chi connectivity index (χ2v) is 4.84. The number of carboxylic acid groups (broad SMARTS) is 1. The van der Waals surface area contributed by atoms with Crippen LogP contribution in [0, 0.1) is 0 Å². The zero-order chi connectivity index (χ0) is 12.1. The quantitative estimate of drug-likeness (QED) is 0.431. The zero-order valence-corrected chi connectivity index (χ0v) is 8.89. The average Bonchev–Trinajstić information content (AvgIpc) is 2.00. The predicted molar refractivity (Wildman–Crippen MR) is 51.4 cm³/mol. The van der Waals surface area contributed by atoms with E-state index in [1.165, 1.54) is 0 Å². The summed E-state index contributed by atoms with van der Waals surface area (Å²) in [7, 11) is -4.30. The fraction of sp³-hybridized carbons (Fsp3) is 0.714. The third-order valence-electron chi connectivity index (χ3n) is 1.67. The van der Waals surface area contributed by atoms with Gasteiger partial charge in [0, 0.05) is 6.42 Å². The van der Waals surface area contributed by atoms with Gasteiger partial charge in [-0.1, -0.05) is 0 Å². The molecule has 0 radical (unpaired) electrons. The Balaban J connectivity index is 3.74. The minimum absolute atomic E-state index is 0.0634. The molecule has 0 amide bonds. The van der Waals surface area contributed by atoms with Gasteiger partial charge in [-0.05, 0) is 12.8 Å². The molecule has 15 heavy (non-hydrogen) atoms. The number of nitrogens with two attached hydrogens (primary N) is 1. The van der Waals surface area contributed by atoms with Crippen LogP contribution in [-0.4, -0.2) is 38.8 Å². The number of Topliss-reactive ketones (excluding diaryl/α,β-unsaturated/α-hetero) is 1. The third-order valence-corrected chi connectivity index (χ3v) is 2.43. The van der Waals surface area contributed by atoms with Crippen molar-refractivity contribution in [2.75, 3.05) is 6.16 Å². The number of rotatable bonds is 7. The van der Waals surface area contributed by atoms with Gasteiger partial charge in [0.05, 0.1) is 0 Å². The van der Waals surface area contributed by atoms with E-state index in [2.05, 4.69) is 0 Å². The Hall–Kier alpha value is -0.750. The van der Waals surface area contributed by atoms with Crippen LogP contribution in [0.2, 0.25) is 0 Å². The van der Waals surface area contributed by atoms with E-state index in [0.717, 1.165) is 0 Å². The Labute approximate surface area is 86.4 Å². The molecule has 0 spiro atoms. The Morgan fingerprint density at radius 3 is 2.27 bits per heavy atom. The largest absolute Gasteiger partial charge is 0.480 e. The molecule has 0 rings (SSSR count). The maximum atomic E-state index is 10.9. The van der Waals surface area contributed by atoms with E-state index in [9.17, 15) is 14.2 Å². The highest BCUT2D eigenvalue weighted by molar-refractivity contribution is 7.52. The van der Waals surface area contributed by atoms with E-state index in [4.69, 9.17) is 20.6 Å². The van der Waals surface area contributed by atoms with E-state index in [1.807, 2.05) is 0 Å². The van der Waals surface area contributed by atoms with Crippen molar-refractivity contribution in [3.05, 3.63) is 0 Å². The van der Waals surface area contributed by atoms with Gasteiger partial charge in [-0.3, -0.25) is 14.2 Å². The van der Waals surface area contributed by atoms with Gasteiger partial charge in [-0.2, -0.15) is 0 Å². The van der Waals surface area contributed by atoms with Crippen molar-refractivity contribution in [3.8, 4) is 0 Å². The molecule has 0 bridgehead atoms. The number of ketones is 1. The monoisotopic (exact) mass is 239 g/mol. The maximum Gasteiger partial charge on any atom is 0.332 e. The second kappa shape index (κ2) is 5.97. The van der Waals surface area contributed by atoms with Crippen LogP contribution in [-0.2, 0) is 14.2 Å². The second-order valence-electron chi connectivity index (χ2n) is 3.20. The molecule has 0 fully saturated rings. The molecule has 8 heteroatoms. The molecule has 0 saturated carbocycles. The summed E-state index contributed by atoms with van der Waals surface area (Å²) in [4.78, 5) is 38.1. The SMILES string of the molecule is NC(CCCC(=O)CP(=O)(O)O)C(=O)O. The molecule has 1 atom stereocenters. The summed E-state index contributed by atoms with van der Waals surface area (Å²) in [6.07, 6.45) is -0.532. The fourth-order valence-corrected chi connectivity index (χ4v) is 1.57. The summed E-state index contributed by atoms with van der Waals surface area (Å²) in [5.74, 6) is -1.74. The van der Waals surface area contributed by atoms with E-state index < -0.39 is 31.6 Å². The van der Waals surface area contributed by atoms with Gasteiger partial charge in [0.15, 0.2) is 0 Å². The Kier molecular flexibility index (Phi) is 5.67. The highest BCUT2D eigenvalue weighted by Crippen LogP contribution is 2.34. The summed E-state index contributed by atoms with van der Waals surface area (Å²) < 4.78 is 10.4. The van der Waals surface area contributed by atoms with Crippen LogP contribution in [0.3, 0.4) is 0 Å². The average molecular weight is 239 g/mol. The van der Waals surface area contributed by atoms with E-state index >= 15 is 0 Å². The summed E-state index contributed by atoms with van der Waals surface area (Å²) in [6, 6.07) is -1.03. The first-order valence-corrected chi connectivity index (χ1v) is 6.07. The lowest BCUT2D eigenvalue weighted by atomic mass is 10.1. The molecule has 0 aromatic carbocycles. The maximum absolute atomic E-state index is 10.9. The number of aliphatic carboxylic acids is 1. The van der Waals surface area contributed by atoms with Crippen LogP contribution in [0.15, 0.2) is 0 Å². The number of hydrogen-bond donors (Lipinski definition) is 4. The van der Waals surface area contributed by atoms with Crippen LogP contribution < -0.4 is 5.73 Å². The van der Waals surface area contributed by atoms with Gasteiger partial charge in [0.2, 0.25) is 0 Å². The van der Waals surface area contributed by atoms with Crippen LogP contribution in [0.5, 0.6) is 0 Å². The molecule has 5 N–H and O–H groups in total. The molecule has 0 aromatic heterocycles. The highest BCUT2D eigenvalue weighted by atomic mass is 31.2. The Morgan fingerprint density at radius 2 is 1.87 bits per heavy atom. The lowest BCUT2D eigenvalue weighted by molar-refractivity contribution is -0.138. The molecule has 88 valence electrons. The molecule has 0 saturated heterocycles. The smallest absolute Gasteiger partial charge is 0.332 e. The number of carbonyl (C=O) groups excluding carboxylic acids is 1. The molecule has 0 aliphatic heterocycles. The summed E-state index contributed by atoms with van der Waals surface area (Å²) in [5.41, 5.74) is 5.17. The Morgan fingerprint density at radius 1 is 1.33 bits per heavy atom. The molecular weight excluding hydrogens is 225 g/mol. The molecule has 0 aliphatic rings. The van der Waals surface area contributed by atoms with Gasteiger partial charge >= 0.3 is 13.6 Å². The highest BCUT2D eigenvalue weighted by Gasteiger charge is 2.19. The molecule has 0 aromatic rings. The van der Waals surface area contributed by atoms with Gasteiger partial charge < -0.3 is 20.6 Å². The molecule has 0 aliphatic carbocycles. The van der Waals surface area contributed by atoms with Crippen molar-refractivity contribution in [1.29, 1.82) is 0 Å². The third kappa shape index (κ3) is 8.26. The van der Waals surface area contributed by atoms with Crippen molar-refractivity contribution in [2.45, 2.75) is 25.3 Å². The van der Waals surface area contributed by atoms with Gasteiger partial charge in [-0.25, -0.2) is 0 Å². The first-order valence-electron chi connectivity index (χ1n) is 4.27. The first-order chi connectivity index (χ1) is 6.72. The predicted octanol–water partition coefficient (Wildman–Crippen LogP) is -0.685. The van der Waals surface area contributed by atoms with E-state index in [-0.39, 0.29) is 19.3 Å². The minimum atomic E-state index is -4.30.